The van der Waals surface area contributed by atoms with Crippen LogP contribution in [0, 0.1) is 0 Å². The smallest absolute Gasteiger partial charge is 0.400 e. The summed E-state index contributed by atoms with van der Waals surface area (Å²) < 4.78 is 15.5. The normalized spacial score (nSPS) is 13.2. The first-order valence-corrected chi connectivity index (χ1v) is 5.82. The van der Waals surface area contributed by atoms with Gasteiger partial charge >= 0.3 is 8.80 Å². The topological polar surface area (TPSA) is 73.9 Å². The van der Waals surface area contributed by atoms with Gasteiger partial charge in [0.1, 0.15) is 0 Å². The Morgan fingerprint density at radius 2 is 1.46 bits per heavy atom. The summed E-state index contributed by atoms with van der Waals surface area (Å²) in [4.78, 5) is 0. The van der Waals surface area contributed by atoms with Crippen LogP contribution < -0.4 is 5.73 Å². The van der Waals surface area contributed by atoms with Crippen LogP contribution in [0.4, 0.5) is 0 Å². The van der Waals surface area contributed by atoms with E-state index in [1.807, 2.05) is 6.92 Å². The lowest BCUT2D eigenvalue weighted by Gasteiger charge is -2.28. The van der Waals surface area contributed by atoms with Crippen molar-refractivity contribution in [2.75, 3.05) is 28.4 Å². The molecule has 1 unspecified atom stereocenters. The van der Waals surface area contributed by atoms with Crippen molar-refractivity contribution in [3.05, 3.63) is 0 Å². The van der Waals surface area contributed by atoms with Crippen molar-refractivity contribution in [3.63, 3.8) is 0 Å². The Hall–Kier alpha value is 0.0169. The Morgan fingerprint density at radius 1 is 1.15 bits per heavy atom. The van der Waals surface area contributed by atoms with Crippen molar-refractivity contribution >= 4 is 8.80 Å². The summed E-state index contributed by atoms with van der Waals surface area (Å²) in [6.07, 6.45) is 0.793. The van der Waals surface area contributed by atoms with E-state index < -0.39 is 8.80 Å². The van der Waals surface area contributed by atoms with Crippen molar-refractivity contribution in [1.29, 1.82) is 0 Å². The van der Waals surface area contributed by atoms with Gasteiger partial charge in [0.05, 0.1) is 5.67 Å². The van der Waals surface area contributed by atoms with E-state index in [9.17, 15) is 0 Å². The first-order valence-electron chi connectivity index (χ1n) is 4.02. The van der Waals surface area contributed by atoms with Gasteiger partial charge in [0.2, 0.25) is 0 Å². The summed E-state index contributed by atoms with van der Waals surface area (Å²) in [5.74, 6) is 0. The molecule has 0 rings (SSSR count). The first-order chi connectivity index (χ1) is 6.16. The van der Waals surface area contributed by atoms with Gasteiger partial charge in [0, 0.05) is 28.4 Å². The zero-order valence-corrected chi connectivity index (χ0v) is 10.0. The lowest BCUT2D eigenvalue weighted by molar-refractivity contribution is 0.112. The molecule has 1 atom stereocenters. The monoisotopic (exact) mass is 211 g/mol. The zero-order chi connectivity index (χ0) is 10.9. The number of hydrogen-bond acceptors (Lipinski definition) is 5. The van der Waals surface area contributed by atoms with Crippen LogP contribution in [0.2, 0.25) is 0 Å². The van der Waals surface area contributed by atoms with Crippen LogP contribution in [-0.2, 0) is 13.3 Å². The summed E-state index contributed by atoms with van der Waals surface area (Å²) in [5, 5.41) is 7.00. The number of nitrogens with two attached hydrogens (primary N) is 1. The lowest BCUT2D eigenvalue weighted by atomic mass is 10.5. The number of rotatable bonds is 5. The maximum atomic E-state index is 7.00. The molecule has 0 aromatic rings. The minimum absolute atomic E-state index is 0.137. The van der Waals surface area contributed by atoms with Crippen molar-refractivity contribution < 1.29 is 18.4 Å². The summed E-state index contributed by atoms with van der Waals surface area (Å²) in [6, 6.07) is 0. The van der Waals surface area contributed by atoms with Crippen LogP contribution in [0.3, 0.4) is 0 Å². The van der Waals surface area contributed by atoms with Gasteiger partial charge in [-0.2, -0.15) is 0 Å². The van der Waals surface area contributed by atoms with Gasteiger partial charge in [-0.05, 0) is 6.42 Å². The van der Waals surface area contributed by atoms with E-state index in [4.69, 9.17) is 24.1 Å². The molecule has 0 spiro atoms. The molecule has 0 saturated carbocycles. The van der Waals surface area contributed by atoms with Crippen molar-refractivity contribution in [1.82, 2.24) is 0 Å². The van der Waals surface area contributed by atoms with E-state index in [-0.39, 0.29) is 5.67 Å². The first kappa shape index (κ1) is 15.5. The Kier molecular flexibility index (Phi) is 10.3. The molecule has 13 heavy (non-hydrogen) atoms. The number of aliphatic hydroxyl groups is 1. The molecule has 6 heteroatoms. The third-order valence-electron chi connectivity index (χ3n) is 1.75. The predicted octanol–water partition coefficient (Wildman–Crippen LogP) is -0.250. The molecule has 0 fully saturated rings. The second kappa shape index (κ2) is 8.61. The predicted molar refractivity (Wildman–Crippen MR) is 53.2 cm³/mol. The number of aliphatic hydroxyl groups excluding tert-OH is 1. The fourth-order valence-corrected chi connectivity index (χ4v) is 2.86. The molecule has 0 aliphatic rings. The van der Waals surface area contributed by atoms with Gasteiger partial charge in [0.25, 0.3) is 0 Å². The molecule has 0 aromatic heterocycles. The van der Waals surface area contributed by atoms with Crippen LogP contribution in [-0.4, -0.2) is 48.0 Å². The highest BCUT2D eigenvalue weighted by Gasteiger charge is 2.44. The van der Waals surface area contributed by atoms with Gasteiger partial charge in [-0.15, -0.1) is 0 Å². The SMILES string of the molecule is CCC(N)[Si](OC)(OC)OC.CO. The average molecular weight is 211 g/mol. The summed E-state index contributed by atoms with van der Waals surface area (Å²) in [7, 11) is 3.15. The van der Waals surface area contributed by atoms with Gasteiger partial charge in [0.15, 0.2) is 0 Å². The van der Waals surface area contributed by atoms with Crippen LogP contribution in [0.15, 0.2) is 0 Å². The summed E-state index contributed by atoms with van der Waals surface area (Å²) in [5.41, 5.74) is 5.63. The molecule has 0 bridgehead atoms. The minimum Gasteiger partial charge on any atom is -0.400 e. The Morgan fingerprint density at radius 3 is 1.54 bits per heavy atom. The molecule has 0 amide bonds. The lowest BCUT2D eigenvalue weighted by Crippen LogP contribution is -2.58. The van der Waals surface area contributed by atoms with Crippen molar-refractivity contribution in [2.45, 2.75) is 19.0 Å². The quantitative estimate of drug-likeness (QED) is 0.613. The fourth-order valence-electron chi connectivity index (χ4n) is 0.954. The van der Waals surface area contributed by atoms with E-state index in [0.29, 0.717) is 0 Å². The van der Waals surface area contributed by atoms with Gasteiger partial charge in [-0.1, -0.05) is 6.92 Å². The Bertz CT molecular complexity index is 102. The second-order valence-corrected chi connectivity index (χ2v) is 5.40. The largest absolute Gasteiger partial charge is 0.517 e. The molecular weight excluding hydrogens is 190 g/mol. The molecule has 0 aliphatic heterocycles. The van der Waals surface area contributed by atoms with Crippen molar-refractivity contribution in [2.24, 2.45) is 5.73 Å². The van der Waals surface area contributed by atoms with Crippen LogP contribution >= 0.6 is 0 Å². The molecule has 0 aliphatic carbocycles. The zero-order valence-electron chi connectivity index (χ0n) is 9.03. The third kappa shape index (κ3) is 4.16. The van der Waals surface area contributed by atoms with Gasteiger partial charge in [-0.25, -0.2) is 0 Å². The summed E-state index contributed by atoms with van der Waals surface area (Å²) >= 11 is 0. The Balaban J connectivity index is 0. The van der Waals surface area contributed by atoms with Gasteiger partial charge in [-0.3, -0.25) is 0 Å². The van der Waals surface area contributed by atoms with E-state index in [2.05, 4.69) is 0 Å². The molecule has 82 valence electrons. The molecule has 0 saturated heterocycles. The standard InChI is InChI=1S/C6H17NO3Si.CH4O/c1-5-6(7)11(8-2,9-3)10-4;1-2/h6H,5,7H2,1-4H3;2H,1H3. The molecule has 0 heterocycles. The maximum Gasteiger partial charge on any atom is 0.517 e. The summed E-state index contributed by atoms with van der Waals surface area (Å²) in [6.45, 7) is 1.98. The maximum absolute atomic E-state index is 7.00. The van der Waals surface area contributed by atoms with Crippen molar-refractivity contribution in [3.8, 4) is 0 Å². The van der Waals surface area contributed by atoms with E-state index in [1.54, 1.807) is 21.3 Å². The second-order valence-electron chi connectivity index (χ2n) is 2.23. The highest BCUT2D eigenvalue weighted by Crippen LogP contribution is 2.11. The van der Waals surface area contributed by atoms with E-state index in [0.717, 1.165) is 13.5 Å². The van der Waals surface area contributed by atoms with E-state index >= 15 is 0 Å². The molecular formula is C7H21NO4Si. The number of hydrogen-bond donors (Lipinski definition) is 2. The van der Waals surface area contributed by atoms with E-state index in [1.165, 1.54) is 0 Å². The van der Waals surface area contributed by atoms with Crippen LogP contribution in [0.25, 0.3) is 0 Å². The average Bonchev–Trinajstić information content (AvgIpc) is 2.24. The molecule has 0 radical (unpaired) electrons. The molecule has 0 aromatic carbocycles. The van der Waals surface area contributed by atoms with Gasteiger partial charge < -0.3 is 24.1 Å². The minimum atomic E-state index is -2.54. The van der Waals surface area contributed by atoms with Crippen LogP contribution in [0.5, 0.6) is 0 Å². The highest BCUT2D eigenvalue weighted by atomic mass is 28.4. The molecule has 5 nitrogen and oxygen atoms in total. The highest BCUT2D eigenvalue weighted by molar-refractivity contribution is 6.62. The fraction of sp³-hybridized carbons (Fsp3) is 1.00. The molecule has 3 N–H and O–H groups in total. The third-order valence-corrected chi connectivity index (χ3v) is 4.77. The Labute approximate surface area is 81.2 Å². The van der Waals surface area contributed by atoms with Crippen LogP contribution in [0.1, 0.15) is 13.3 Å².